The van der Waals surface area contributed by atoms with Crippen LogP contribution in [-0.4, -0.2) is 32.3 Å². The van der Waals surface area contributed by atoms with Crippen molar-refractivity contribution in [1.82, 2.24) is 10.6 Å². The largest absolute Gasteiger partial charge is 0.364 e. The van der Waals surface area contributed by atoms with Crippen LogP contribution in [0.1, 0.15) is 0 Å². The molecule has 0 aliphatic heterocycles. The fourth-order valence-electron chi connectivity index (χ4n) is 0.361. The number of carbonyl (C=O) groups is 1. The lowest BCUT2D eigenvalue weighted by molar-refractivity contribution is 0.172. The molecule has 0 spiro atoms. The third kappa shape index (κ3) is 5.65. The van der Waals surface area contributed by atoms with Crippen LogP contribution in [0.25, 0.3) is 0 Å². The highest BCUT2D eigenvalue weighted by Gasteiger charge is 1.94. The Kier molecular flexibility index (Phi) is 6.32. The summed E-state index contributed by atoms with van der Waals surface area (Å²) in [5.41, 5.74) is 0. The highest BCUT2D eigenvalue weighted by Crippen LogP contribution is 1.70. The van der Waals surface area contributed by atoms with Crippen LogP contribution >= 0.6 is 11.6 Å². The number of methoxy groups -OCH3 is 1. The van der Waals surface area contributed by atoms with Gasteiger partial charge in [0.05, 0.1) is 0 Å². The van der Waals surface area contributed by atoms with Crippen LogP contribution in [0, 0.1) is 0 Å². The molecule has 5 heteroatoms. The lowest BCUT2D eigenvalue weighted by Gasteiger charge is -2.03. The van der Waals surface area contributed by atoms with Gasteiger partial charge in [0.25, 0.3) is 0 Å². The summed E-state index contributed by atoms with van der Waals surface area (Å²) in [5, 5.41) is 4.94. The van der Waals surface area contributed by atoms with E-state index in [2.05, 4.69) is 15.4 Å². The van der Waals surface area contributed by atoms with E-state index in [0.29, 0.717) is 12.4 Å². The third-order valence-electron chi connectivity index (χ3n) is 0.757. The van der Waals surface area contributed by atoms with E-state index in [4.69, 9.17) is 11.6 Å². The second kappa shape index (κ2) is 6.64. The Morgan fingerprint density at radius 2 is 2.30 bits per heavy atom. The number of amides is 2. The number of nitrogens with one attached hydrogen (secondary N) is 2. The maximum Gasteiger partial charge on any atom is 0.316 e. The first-order chi connectivity index (χ1) is 4.81. The minimum atomic E-state index is -0.262. The van der Waals surface area contributed by atoms with Gasteiger partial charge in [-0.3, -0.25) is 0 Å². The summed E-state index contributed by atoms with van der Waals surface area (Å²) in [5.74, 6) is 0.417. The monoisotopic (exact) mass is 166 g/mol. The van der Waals surface area contributed by atoms with E-state index in [9.17, 15) is 4.79 Å². The molecular weight excluding hydrogens is 156 g/mol. The smallest absolute Gasteiger partial charge is 0.316 e. The topological polar surface area (TPSA) is 50.4 Å². The van der Waals surface area contributed by atoms with Crippen LogP contribution in [0.5, 0.6) is 0 Å². The van der Waals surface area contributed by atoms with Crippen molar-refractivity contribution in [1.29, 1.82) is 0 Å². The van der Waals surface area contributed by atoms with Crippen LogP contribution in [0.15, 0.2) is 0 Å². The van der Waals surface area contributed by atoms with Gasteiger partial charge >= 0.3 is 6.03 Å². The molecule has 0 bridgehead atoms. The molecule has 0 aliphatic carbocycles. The third-order valence-corrected chi connectivity index (χ3v) is 0.946. The number of alkyl halides is 1. The van der Waals surface area contributed by atoms with Crippen molar-refractivity contribution in [3.8, 4) is 0 Å². The number of carbonyl (C=O) groups excluding carboxylic acids is 1. The SMILES string of the molecule is COCNC(=O)NCCCl. The Labute approximate surface area is 64.9 Å². The quantitative estimate of drug-likeness (QED) is 0.461. The summed E-state index contributed by atoms with van der Waals surface area (Å²) in [6.07, 6.45) is 0. The first kappa shape index (κ1) is 9.52. The lowest BCUT2D eigenvalue weighted by Crippen LogP contribution is -2.37. The number of hydrogen-bond acceptors (Lipinski definition) is 2. The Hall–Kier alpha value is -0.480. The molecule has 0 saturated heterocycles. The average molecular weight is 167 g/mol. The standard InChI is InChI=1S/C5H11ClN2O2/c1-10-4-8-5(9)7-3-2-6/h2-4H2,1H3,(H2,7,8,9). The Morgan fingerprint density at radius 1 is 1.60 bits per heavy atom. The van der Waals surface area contributed by atoms with Crippen LogP contribution in [0.4, 0.5) is 4.79 Å². The molecule has 2 amide bonds. The molecule has 0 aromatic rings. The predicted octanol–water partition coefficient (Wildman–Crippen LogP) is 0.128. The predicted molar refractivity (Wildman–Crippen MR) is 39.1 cm³/mol. The van der Waals surface area contributed by atoms with Gasteiger partial charge in [0.1, 0.15) is 6.73 Å². The highest BCUT2D eigenvalue weighted by atomic mass is 35.5. The van der Waals surface area contributed by atoms with E-state index in [1.165, 1.54) is 7.11 Å². The van der Waals surface area contributed by atoms with Gasteiger partial charge in [-0.25, -0.2) is 4.79 Å². The zero-order chi connectivity index (χ0) is 7.82. The van der Waals surface area contributed by atoms with Crippen LogP contribution in [0.3, 0.4) is 0 Å². The van der Waals surface area contributed by atoms with Gasteiger partial charge in [-0.2, -0.15) is 0 Å². The molecule has 4 nitrogen and oxygen atoms in total. The van der Waals surface area contributed by atoms with Gasteiger partial charge in [-0.15, -0.1) is 11.6 Å². The van der Waals surface area contributed by atoms with Crippen molar-refractivity contribution >= 4 is 17.6 Å². The molecule has 0 atom stereocenters. The Bertz CT molecular complexity index is 89.6. The van der Waals surface area contributed by atoms with Gasteiger partial charge < -0.3 is 15.4 Å². The number of rotatable bonds is 4. The summed E-state index contributed by atoms with van der Waals surface area (Å²) >= 11 is 5.31. The van der Waals surface area contributed by atoms with Crippen molar-refractivity contribution in [3.63, 3.8) is 0 Å². The molecule has 0 aromatic heterocycles. The molecule has 0 heterocycles. The van der Waals surface area contributed by atoms with E-state index in [1.807, 2.05) is 0 Å². The summed E-state index contributed by atoms with van der Waals surface area (Å²) in [7, 11) is 1.50. The first-order valence-corrected chi connectivity index (χ1v) is 3.41. The Balaban J connectivity index is 3.09. The fourth-order valence-corrected chi connectivity index (χ4v) is 0.455. The van der Waals surface area contributed by atoms with Gasteiger partial charge in [0.2, 0.25) is 0 Å². The van der Waals surface area contributed by atoms with E-state index in [0.717, 1.165) is 0 Å². The maximum absolute atomic E-state index is 10.6. The maximum atomic E-state index is 10.6. The fraction of sp³-hybridized carbons (Fsp3) is 0.800. The number of urea groups is 1. The molecule has 60 valence electrons. The van der Waals surface area contributed by atoms with Gasteiger partial charge in [-0.05, 0) is 0 Å². The highest BCUT2D eigenvalue weighted by molar-refractivity contribution is 6.18. The van der Waals surface area contributed by atoms with Crippen LogP contribution in [0.2, 0.25) is 0 Å². The zero-order valence-electron chi connectivity index (χ0n) is 5.82. The van der Waals surface area contributed by atoms with Gasteiger partial charge in [0.15, 0.2) is 0 Å². The summed E-state index contributed by atoms with van der Waals surface area (Å²) in [6, 6.07) is -0.262. The van der Waals surface area contributed by atoms with Crippen molar-refractivity contribution in [2.75, 3.05) is 26.3 Å². The molecule has 0 radical (unpaired) electrons. The molecular formula is C5H11ClN2O2. The number of halogens is 1. The van der Waals surface area contributed by atoms with E-state index in [1.54, 1.807) is 0 Å². The normalized spacial score (nSPS) is 9.00. The molecule has 0 saturated carbocycles. The number of ether oxygens (including phenoxy) is 1. The molecule has 0 fully saturated rings. The zero-order valence-corrected chi connectivity index (χ0v) is 6.57. The minimum absolute atomic E-state index is 0.216. The van der Waals surface area contributed by atoms with Crippen LogP contribution < -0.4 is 10.6 Å². The molecule has 0 aliphatic rings. The van der Waals surface area contributed by atoms with Crippen molar-refractivity contribution < 1.29 is 9.53 Å². The Morgan fingerprint density at radius 3 is 2.80 bits per heavy atom. The van der Waals surface area contributed by atoms with Gasteiger partial charge in [-0.1, -0.05) is 0 Å². The minimum Gasteiger partial charge on any atom is -0.364 e. The van der Waals surface area contributed by atoms with E-state index in [-0.39, 0.29) is 12.8 Å². The van der Waals surface area contributed by atoms with E-state index >= 15 is 0 Å². The summed E-state index contributed by atoms with van der Waals surface area (Å²) in [4.78, 5) is 10.6. The average Bonchev–Trinajstić information content (AvgIpc) is 1.97. The number of hydrogen-bond donors (Lipinski definition) is 2. The molecule has 0 aromatic carbocycles. The second-order valence-electron chi connectivity index (χ2n) is 1.55. The molecule has 2 N–H and O–H groups in total. The summed E-state index contributed by atoms with van der Waals surface area (Å²) < 4.78 is 4.59. The van der Waals surface area contributed by atoms with Crippen molar-refractivity contribution in [2.45, 2.75) is 0 Å². The van der Waals surface area contributed by atoms with Gasteiger partial charge in [0, 0.05) is 19.5 Å². The van der Waals surface area contributed by atoms with E-state index < -0.39 is 0 Å². The molecule has 0 rings (SSSR count). The lowest BCUT2D eigenvalue weighted by atomic mass is 10.7. The first-order valence-electron chi connectivity index (χ1n) is 2.88. The second-order valence-corrected chi connectivity index (χ2v) is 1.93. The van der Waals surface area contributed by atoms with Crippen LogP contribution in [-0.2, 0) is 4.74 Å². The van der Waals surface area contributed by atoms with Crippen molar-refractivity contribution in [3.05, 3.63) is 0 Å². The molecule has 0 unspecified atom stereocenters. The van der Waals surface area contributed by atoms with Crippen molar-refractivity contribution in [2.24, 2.45) is 0 Å². The summed E-state index contributed by atoms with van der Waals surface area (Å²) in [6.45, 7) is 0.686. The molecule has 10 heavy (non-hydrogen) atoms.